The lowest BCUT2D eigenvalue weighted by molar-refractivity contribution is -0.175. The van der Waals surface area contributed by atoms with Crippen molar-refractivity contribution in [1.29, 1.82) is 0 Å². The van der Waals surface area contributed by atoms with Crippen LogP contribution in [0.25, 0.3) is 0 Å². The van der Waals surface area contributed by atoms with Crippen LogP contribution < -0.4 is 0 Å². The zero-order valence-corrected chi connectivity index (χ0v) is 8.99. The minimum Gasteiger partial charge on any atom is -0.463 e. The van der Waals surface area contributed by atoms with E-state index in [1.54, 1.807) is 19.9 Å². The molecule has 0 aliphatic rings. The highest BCUT2D eigenvalue weighted by Crippen LogP contribution is 2.12. The van der Waals surface area contributed by atoms with Gasteiger partial charge < -0.3 is 9.47 Å². The highest BCUT2D eigenvalue weighted by Gasteiger charge is 2.32. The van der Waals surface area contributed by atoms with Gasteiger partial charge in [-0.2, -0.15) is 0 Å². The molecule has 0 spiro atoms. The molecule has 4 nitrogen and oxygen atoms in total. The zero-order chi connectivity index (χ0) is 11.2. The van der Waals surface area contributed by atoms with Gasteiger partial charge in [0.05, 0.1) is 6.61 Å². The Bertz CT molecular complexity index is 241. The normalized spacial score (nSPS) is 11.4. The van der Waals surface area contributed by atoms with Crippen LogP contribution in [0.1, 0.15) is 27.7 Å². The van der Waals surface area contributed by atoms with E-state index in [4.69, 9.17) is 9.47 Å². The molecular formula is C10H16O4. The van der Waals surface area contributed by atoms with Crippen LogP contribution in [0.2, 0.25) is 0 Å². The van der Waals surface area contributed by atoms with E-state index in [-0.39, 0.29) is 6.61 Å². The molecule has 4 heteroatoms. The van der Waals surface area contributed by atoms with Crippen LogP contribution in [0.4, 0.5) is 0 Å². The van der Waals surface area contributed by atoms with E-state index in [1.807, 2.05) is 0 Å². The molecule has 0 aromatic heterocycles. The number of carbonyl (C=O) groups is 2. The van der Waals surface area contributed by atoms with Crippen LogP contribution in [0.5, 0.6) is 0 Å². The third kappa shape index (κ3) is 4.07. The first-order valence-electron chi connectivity index (χ1n) is 4.47. The van der Waals surface area contributed by atoms with E-state index in [1.165, 1.54) is 19.9 Å². The molecule has 80 valence electrons. The van der Waals surface area contributed by atoms with Crippen molar-refractivity contribution in [3.63, 3.8) is 0 Å². The van der Waals surface area contributed by atoms with Gasteiger partial charge in [0, 0.05) is 6.08 Å². The van der Waals surface area contributed by atoms with E-state index in [0.29, 0.717) is 0 Å². The van der Waals surface area contributed by atoms with Crippen molar-refractivity contribution >= 4 is 11.9 Å². The summed E-state index contributed by atoms with van der Waals surface area (Å²) in [5.41, 5.74) is -1.23. The molecular weight excluding hydrogens is 184 g/mol. The van der Waals surface area contributed by atoms with Gasteiger partial charge in [-0.05, 0) is 27.7 Å². The van der Waals surface area contributed by atoms with E-state index in [0.717, 1.165) is 0 Å². The Hall–Kier alpha value is -1.32. The average molecular weight is 200 g/mol. The molecule has 0 unspecified atom stereocenters. The predicted octanol–water partition coefficient (Wildman–Crippen LogP) is 1.45. The molecule has 0 fully saturated rings. The summed E-state index contributed by atoms with van der Waals surface area (Å²) in [6.45, 7) is 6.64. The summed E-state index contributed by atoms with van der Waals surface area (Å²) >= 11 is 0. The van der Waals surface area contributed by atoms with Gasteiger partial charge in [-0.1, -0.05) is 6.08 Å². The standard InChI is InChI=1S/C10H16O4/c1-5-7-8(11)14-10(3,4)9(12)13-6-2/h5,7H,6H2,1-4H3. The molecule has 0 aliphatic carbocycles. The molecule has 0 radical (unpaired) electrons. The number of carbonyl (C=O) groups excluding carboxylic acids is 2. The Labute approximate surface area is 83.9 Å². The monoisotopic (exact) mass is 200 g/mol. The van der Waals surface area contributed by atoms with Crippen molar-refractivity contribution in [3.05, 3.63) is 12.2 Å². The fourth-order valence-electron chi connectivity index (χ4n) is 0.768. The van der Waals surface area contributed by atoms with Crippen LogP contribution in [0.15, 0.2) is 12.2 Å². The minimum absolute atomic E-state index is 0.267. The molecule has 0 saturated carbocycles. The van der Waals surface area contributed by atoms with Crippen molar-refractivity contribution in [2.45, 2.75) is 33.3 Å². The maximum Gasteiger partial charge on any atom is 0.350 e. The molecule has 0 heterocycles. The number of hydrogen-bond acceptors (Lipinski definition) is 4. The molecule has 0 atom stereocenters. The minimum atomic E-state index is -1.23. The molecule has 0 bridgehead atoms. The first kappa shape index (κ1) is 12.7. The summed E-state index contributed by atoms with van der Waals surface area (Å²) in [4.78, 5) is 22.3. The van der Waals surface area contributed by atoms with Gasteiger partial charge in [0.15, 0.2) is 0 Å². The van der Waals surface area contributed by atoms with Gasteiger partial charge in [0.25, 0.3) is 0 Å². The van der Waals surface area contributed by atoms with Gasteiger partial charge >= 0.3 is 11.9 Å². The van der Waals surface area contributed by atoms with Crippen molar-refractivity contribution in [1.82, 2.24) is 0 Å². The van der Waals surface area contributed by atoms with Gasteiger partial charge in [0.1, 0.15) is 0 Å². The highest BCUT2D eigenvalue weighted by atomic mass is 16.6. The smallest absolute Gasteiger partial charge is 0.350 e. The summed E-state index contributed by atoms with van der Waals surface area (Å²) in [7, 11) is 0. The lowest BCUT2D eigenvalue weighted by Gasteiger charge is -2.21. The lowest BCUT2D eigenvalue weighted by Crippen LogP contribution is -2.38. The molecule has 0 saturated heterocycles. The quantitative estimate of drug-likeness (QED) is 0.509. The van der Waals surface area contributed by atoms with Crippen LogP contribution in [0, 0.1) is 0 Å². The van der Waals surface area contributed by atoms with Crippen LogP contribution in [-0.4, -0.2) is 24.1 Å². The van der Waals surface area contributed by atoms with Crippen molar-refractivity contribution in [2.75, 3.05) is 6.61 Å². The van der Waals surface area contributed by atoms with E-state index >= 15 is 0 Å². The van der Waals surface area contributed by atoms with Gasteiger partial charge in [-0.3, -0.25) is 0 Å². The first-order valence-corrected chi connectivity index (χ1v) is 4.47. The van der Waals surface area contributed by atoms with Crippen LogP contribution >= 0.6 is 0 Å². The Balaban J connectivity index is 4.32. The predicted molar refractivity (Wildman–Crippen MR) is 51.6 cm³/mol. The molecule has 0 aromatic carbocycles. The lowest BCUT2D eigenvalue weighted by atomic mass is 10.1. The molecule has 0 N–H and O–H groups in total. The molecule has 0 aromatic rings. The zero-order valence-electron chi connectivity index (χ0n) is 8.99. The van der Waals surface area contributed by atoms with E-state index in [9.17, 15) is 9.59 Å². The summed E-state index contributed by atoms with van der Waals surface area (Å²) in [5.74, 6) is -1.09. The average Bonchev–Trinajstić information content (AvgIpc) is 2.03. The summed E-state index contributed by atoms with van der Waals surface area (Å²) in [5, 5.41) is 0. The molecule has 14 heavy (non-hydrogen) atoms. The number of rotatable bonds is 4. The summed E-state index contributed by atoms with van der Waals surface area (Å²) in [6.07, 6.45) is 2.80. The van der Waals surface area contributed by atoms with Gasteiger partial charge in [-0.25, -0.2) is 9.59 Å². The molecule has 0 rings (SSSR count). The topological polar surface area (TPSA) is 52.6 Å². The summed E-state index contributed by atoms with van der Waals surface area (Å²) in [6, 6.07) is 0. The third-order valence-electron chi connectivity index (χ3n) is 1.43. The van der Waals surface area contributed by atoms with Gasteiger partial charge in [-0.15, -0.1) is 0 Å². The maximum absolute atomic E-state index is 11.3. The second-order valence-corrected chi connectivity index (χ2v) is 3.15. The summed E-state index contributed by atoms with van der Waals surface area (Å²) < 4.78 is 9.64. The number of ether oxygens (including phenoxy) is 2. The molecule has 0 aliphatic heterocycles. The maximum atomic E-state index is 11.3. The van der Waals surface area contributed by atoms with Crippen molar-refractivity contribution in [2.24, 2.45) is 0 Å². The highest BCUT2D eigenvalue weighted by molar-refractivity contribution is 5.87. The Morgan fingerprint density at radius 1 is 1.36 bits per heavy atom. The third-order valence-corrected chi connectivity index (χ3v) is 1.43. The SMILES string of the molecule is CC=CC(=O)OC(C)(C)C(=O)OCC. The van der Waals surface area contributed by atoms with E-state index < -0.39 is 17.5 Å². The fraction of sp³-hybridized carbons (Fsp3) is 0.600. The Morgan fingerprint density at radius 3 is 2.36 bits per heavy atom. The molecule has 0 amide bonds. The number of esters is 2. The van der Waals surface area contributed by atoms with Crippen LogP contribution in [-0.2, 0) is 19.1 Å². The second kappa shape index (κ2) is 5.42. The Kier molecular flexibility index (Phi) is 4.91. The fourth-order valence-corrected chi connectivity index (χ4v) is 0.768. The number of hydrogen-bond donors (Lipinski definition) is 0. The van der Waals surface area contributed by atoms with Gasteiger partial charge in [0.2, 0.25) is 5.60 Å². The number of allylic oxidation sites excluding steroid dienone is 1. The van der Waals surface area contributed by atoms with E-state index in [2.05, 4.69) is 0 Å². The Morgan fingerprint density at radius 2 is 1.93 bits per heavy atom. The first-order chi connectivity index (χ1) is 6.44. The largest absolute Gasteiger partial charge is 0.463 e. The van der Waals surface area contributed by atoms with Crippen molar-refractivity contribution in [3.8, 4) is 0 Å². The second-order valence-electron chi connectivity index (χ2n) is 3.15. The van der Waals surface area contributed by atoms with Crippen LogP contribution in [0.3, 0.4) is 0 Å². The van der Waals surface area contributed by atoms with Crippen molar-refractivity contribution < 1.29 is 19.1 Å².